The second kappa shape index (κ2) is 10.6. The van der Waals surface area contributed by atoms with E-state index in [0.29, 0.717) is 5.56 Å². The highest BCUT2D eigenvalue weighted by molar-refractivity contribution is 5.40. The summed E-state index contributed by atoms with van der Waals surface area (Å²) in [6.07, 6.45) is -13.6. The van der Waals surface area contributed by atoms with Crippen LogP contribution in [-0.4, -0.2) is 115 Å². The summed E-state index contributed by atoms with van der Waals surface area (Å²) >= 11 is 0. The van der Waals surface area contributed by atoms with Gasteiger partial charge in [-0.25, -0.2) is 0 Å². The van der Waals surface area contributed by atoms with Crippen LogP contribution in [0.5, 0.6) is 11.5 Å². The standard InChI is InChI=1S/C20H30O12/c1-8-13(24)15(26)16(27)20(30-8)32-17-14(25)12(7-21)31-19(28)18(17)29-5-4-9-2-3-10(22)11(23)6-9/h2-3,6,8,12-28H,4-5,7H2,1H3/t8-,12+,13-,14+,15+,16+,17-,18+,19+,20-/m0/s1. The molecule has 12 nitrogen and oxygen atoms in total. The Hall–Kier alpha value is -1.58. The second-order valence-electron chi connectivity index (χ2n) is 7.93. The normalized spacial score (nSPS) is 40.3. The van der Waals surface area contributed by atoms with Crippen molar-refractivity contribution in [3.63, 3.8) is 0 Å². The zero-order valence-electron chi connectivity index (χ0n) is 17.3. The fourth-order valence-corrected chi connectivity index (χ4v) is 3.71. The van der Waals surface area contributed by atoms with Crippen LogP contribution >= 0.6 is 0 Å². The lowest BCUT2D eigenvalue weighted by Gasteiger charge is -2.46. The topological polar surface area (TPSA) is 199 Å². The van der Waals surface area contributed by atoms with Crippen LogP contribution in [-0.2, 0) is 25.4 Å². The lowest BCUT2D eigenvalue weighted by Crippen LogP contribution is -2.64. The van der Waals surface area contributed by atoms with Crippen molar-refractivity contribution in [2.45, 2.75) is 74.8 Å². The number of benzene rings is 1. The summed E-state index contributed by atoms with van der Waals surface area (Å²) < 4.78 is 21.9. The van der Waals surface area contributed by atoms with Crippen LogP contribution in [0.25, 0.3) is 0 Å². The SMILES string of the molecule is C[C@@H]1O[C@@H](O[C@H]2[C@H](O)[C@@H](CO)O[C@@H](O)[C@@H]2OCCc2ccc(O)c(O)c2)[C@H](O)[C@H](O)[C@H]1O. The van der Waals surface area contributed by atoms with Crippen LogP contribution in [0.3, 0.4) is 0 Å². The number of hydrogen-bond donors (Lipinski definition) is 8. The fourth-order valence-electron chi connectivity index (χ4n) is 3.71. The van der Waals surface area contributed by atoms with E-state index < -0.39 is 68.0 Å². The molecule has 0 saturated carbocycles. The third-order valence-corrected chi connectivity index (χ3v) is 5.66. The molecule has 12 heteroatoms. The quantitative estimate of drug-likeness (QED) is 0.196. The Balaban J connectivity index is 1.71. The maximum atomic E-state index is 10.6. The summed E-state index contributed by atoms with van der Waals surface area (Å²) in [4.78, 5) is 0. The van der Waals surface area contributed by atoms with E-state index >= 15 is 0 Å². The lowest BCUT2D eigenvalue weighted by atomic mass is 9.97. The van der Waals surface area contributed by atoms with Gasteiger partial charge in [0.05, 0.1) is 19.3 Å². The number of rotatable bonds is 7. The lowest BCUT2D eigenvalue weighted by molar-refractivity contribution is -0.356. The van der Waals surface area contributed by atoms with Gasteiger partial charge in [-0.1, -0.05) is 6.07 Å². The molecule has 2 heterocycles. The summed E-state index contributed by atoms with van der Waals surface area (Å²) in [5.41, 5.74) is 0.620. The molecule has 0 radical (unpaired) electrons. The van der Waals surface area contributed by atoms with Crippen LogP contribution < -0.4 is 0 Å². The average molecular weight is 462 g/mol. The van der Waals surface area contributed by atoms with E-state index in [1.54, 1.807) is 6.07 Å². The Kier molecular flexibility index (Phi) is 8.27. The van der Waals surface area contributed by atoms with Gasteiger partial charge in [-0.3, -0.25) is 0 Å². The van der Waals surface area contributed by atoms with Crippen molar-refractivity contribution in [2.75, 3.05) is 13.2 Å². The molecule has 2 fully saturated rings. The number of ether oxygens (including phenoxy) is 4. The predicted octanol–water partition coefficient (Wildman–Crippen LogP) is -2.69. The molecule has 10 atom stereocenters. The molecule has 2 aliphatic rings. The smallest absolute Gasteiger partial charge is 0.187 e. The molecular formula is C20H30O12. The molecule has 0 spiro atoms. The van der Waals surface area contributed by atoms with Crippen molar-refractivity contribution in [2.24, 2.45) is 0 Å². The monoisotopic (exact) mass is 462 g/mol. The van der Waals surface area contributed by atoms with Crippen molar-refractivity contribution in [3.05, 3.63) is 23.8 Å². The molecule has 0 amide bonds. The van der Waals surface area contributed by atoms with Gasteiger partial charge in [-0.2, -0.15) is 0 Å². The van der Waals surface area contributed by atoms with Gasteiger partial charge in [-0.05, 0) is 31.0 Å². The number of aliphatic hydroxyl groups is 6. The number of aromatic hydroxyl groups is 2. The molecule has 8 N–H and O–H groups in total. The summed E-state index contributed by atoms with van der Waals surface area (Å²) in [5, 5.41) is 79.4. The minimum atomic E-state index is -1.65. The maximum absolute atomic E-state index is 10.6. The van der Waals surface area contributed by atoms with E-state index in [4.69, 9.17) is 18.9 Å². The molecule has 0 unspecified atom stereocenters. The van der Waals surface area contributed by atoms with E-state index in [9.17, 15) is 40.9 Å². The highest BCUT2D eigenvalue weighted by atomic mass is 16.7. The number of phenolic OH excluding ortho intramolecular Hbond substituents is 2. The van der Waals surface area contributed by atoms with Gasteiger partial charge in [-0.15, -0.1) is 0 Å². The van der Waals surface area contributed by atoms with Crippen LogP contribution in [0.4, 0.5) is 0 Å². The molecular weight excluding hydrogens is 432 g/mol. The predicted molar refractivity (Wildman–Crippen MR) is 104 cm³/mol. The van der Waals surface area contributed by atoms with E-state index in [2.05, 4.69) is 0 Å². The van der Waals surface area contributed by atoms with Crippen molar-refractivity contribution in [1.82, 2.24) is 0 Å². The number of hydrogen-bond acceptors (Lipinski definition) is 12. The first kappa shape index (κ1) is 25.1. The first-order valence-electron chi connectivity index (χ1n) is 10.2. The van der Waals surface area contributed by atoms with Gasteiger partial charge in [0.1, 0.15) is 42.7 Å². The first-order chi connectivity index (χ1) is 15.1. The Morgan fingerprint density at radius 2 is 1.59 bits per heavy atom. The largest absolute Gasteiger partial charge is 0.504 e. The molecule has 1 aromatic carbocycles. The molecule has 2 saturated heterocycles. The van der Waals surface area contributed by atoms with Crippen molar-refractivity contribution in [3.8, 4) is 11.5 Å². The zero-order chi connectivity index (χ0) is 23.6. The molecule has 32 heavy (non-hydrogen) atoms. The van der Waals surface area contributed by atoms with E-state index in [1.807, 2.05) is 0 Å². The second-order valence-corrected chi connectivity index (χ2v) is 7.93. The third-order valence-electron chi connectivity index (χ3n) is 5.66. The van der Waals surface area contributed by atoms with Gasteiger partial charge in [0.2, 0.25) is 0 Å². The van der Waals surface area contributed by atoms with Crippen molar-refractivity contribution in [1.29, 1.82) is 0 Å². The minimum absolute atomic E-state index is 0.0164. The van der Waals surface area contributed by atoms with Gasteiger partial charge in [0.15, 0.2) is 24.1 Å². The van der Waals surface area contributed by atoms with Crippen LogP contribution in [0.2, 0.25) is 0 Å². The molecule has 3 rings (SSSR count). The van der Waals surface area contributed by atoms with Crippen LogP contribution in [0.1, 0.15) is 12.5 Å². The molecule has 0 aliphatic carbocycles. The van der Waals surface area contributed by atoms with Gasteiger partial charge < -0.3 is 59.8 Å². The summed E-state index contributed by atoms with van der Waals surface area (Å²) in [7, 11) is 0. The summed E-state index contributed by atoms with van der Waals surface area (Å²) in [6.45, 7) is 0.809. The molecule has 0 aromatic heterocycles. The average Bonchev–Trinajstić information content (AvgIpc) is 2.76. The Morgan fingerprint density at radius 1 is 0.875 bits per heavy atom. The van der Waals surface area contributed by atoms with Crippen molar-refractivity contribution >= 4 is 0 Å². The van der Waals surface area contributed by atoms with Crippen LogP contribution in [0.15, 0.2) is 18.2 Å². The third kappa shape index (κ3) is 5.31. The Labute approximate surface area is 183 Å². The van der Waals surface area contributed by atoms with Gasteiger partial charge in [0, 0.05) is 0 Å². The van der Waals surface area contributed by atoms with E-state index in [1.165, 1.54) is 19.1 Å². The Morgan fingerprint density at radius 3 is 2.25 bits per heavy atom. The molecule has 1 aromatic rings. The van der Waals surface area contributed by atoms with Gasteiger partial charge in [0.25, 0.3) is 0 Å². The summed E-state index contributed by atoms with van der Waals surface area (Å²) in [5.74, 6) is -0.575. The highest BCUT2D eigenvalue weighted by Crippen LogP contribution is 2.30. The number of phenols is 2. The fraction of sp³-hybridized carbons (Fsp3) is 0.700. The van der Waals surface area contributed by atoms with E-state index in [-0.39, 0.29) is 24.5 Å². The van der Waals surface area contributed by atoms with E-state index in [0.717, 1.165) is 0 Å². The highest BCUT2D eigenvalue weighted by Gasteiger charge is 2.50. The van der Waals surface area contributed by atoms with Gasteiger partial charge >= 0.3 is 0 Å². The first-order valence-corrected chi connectivity index (χ1v) is 10.2. The molecule has 0 bridgehead atoms. The van der Waals surface area contributed by atoms with Crippen molar-refractivity contribution < 1.29 is 59.8 Å². The molecule has 182 valence electrons. The zero-order valence-corrected chi connectivity index (χ0v) is 17.3. The summed E-state index contributed by atoms with van der Waals surface area (Å²) in [6, 6.07) is 4.22. The Bertz CT molecular complexity index is 747. The minimum Gasteiger partial charge on any atom is -0.504 e. The molecule has 2 aliphatic heterocycles. The van der Waals surface area contributed by atoms with Crippen LogP contribution in [0, 0.1) is 0 Å². The number of aliphatic hydroxyl groups excluding tert-OH is 6. The maximum Gasteiger partial charge on any atom is 0.187 e.